The molecular weight excluding hydrogens is 476 g/mol. The molecule has 0 aromatic heterocycles. The molecule has 3 saturated heterocycles. The highest BCUT2D eigenvalue weighted by Crippen LogP contribution is 2.69. The maximum absolute atomic E-state index is 14.3. The molecule has 0 aromatic rings. The van der Waals surface area contributed by atoms with Crippen LogP contribution in [0.15, 0.2) is 25.3 Å². The third-order valence-corrected chi connectivity index (χ3v) is 10.6. The van der Waals surface area contributed by atoms with Gasteiger partial charge in [-0.2, -0.15) is 0 Å². The largest absolute Gasteiger partial charge is 0.465 e. The molecule has 0 radical (unpaired) electrons. The molecule has 3 unspecified atom stereocenters. The number of carbonyl (C=O) groups is 3. The summed E-state index contributed by atoms with van der Waals surface area (Å²) in [5.41, 5.74) is 0. The van der Waals surface area contributed by atoms with Crippen LogP contribution in [0.2, 0.25) is 0 Å². The standard InChI is InChI=1S/C28H44N2O5S/c1-8-11-12-14-35-27(34)22-21-15-19(7)28(36-21)23(22)25(32)30(20(16-31)18(6)10-3)24(28)26(33)29(13-9-2)17(4)5/h8-9,17-24,31H,1-2,10-16H2,3-7H3/t18-,19?,20-,21-,22+,23-,24?,28?/m0/s1. The SMILES string of the molecule is C=CCCCOC(=O)[C@@H]1[C@@H]2CC(C)C3(S2)C(C(=O)N(CC=C)C(C)C)N([C@@H](CO)[C@@H](C)CC)C(=O)[C@H]13. The maximum Gasteiger partial charge on any atom is 0.310 e. The first-order chi connectivity index (χ1) is 17.1. The van der Waals surface area contributed by atoms with Crippen molar-refractivity contribution in [2.24, 2.45) is 23.7 Å². The molecule has 202 valence electrons. The highest BCUT2D eigenvalue weighted by atomic mass is 32.2. The van der Waals surface area contributed by atoms with Crippen molar-refractivity contribution in [3.8, 4) is 0 Å². The van der Waals surface area contributed by atoms with Gasteiger partial charge in [-0.05, 0) is 44.9 Å². The number of nitrogens with zero attached hydrogens (tertiary/aromatic N) is 2. The van der Waals surface area contributed by atoms with E-state index in [0.717, 1.165) is 19.3 Å². The van der Waals surface area contributed by atoms with Gasteiger partial charge in [0.15, 0.2) is 0 Å². The van der Waals surface area contributed by atoms with Crippen molar-refractivity contribution in [3.63, 3.8) is 0 Å². The van der Waals surface area contributed by atoms with Crippen molar-refractivity contribution in [3.05, 3.63) is 25.3 Å². The molecule has 8 atom stereocenters. The number of thioether (sulfide) groups is 1. The Morgan fingerprint density at radius 2 is 2.00 bits per heavy atom. The summed E-state index contributed by atoms with van der Waals surface area (Å²) in [5.74, 6) is -1.80. The second-order valence-corrected chi connectivity index (χ2v) is 12.5. The zero-order valence-electron chi connectivity index (χ0n) is 22.5. The number of aliphatic hydroxyl groups excluding tert-OH is 1. The lowest BCUT2D eigenvalue weighted by Gasteiger charge is -2.43. The van der Waals surface area contributed by atoms with Crippen LogP contribution in [0.5, 0.6) is 0 Å². The molecular formula is C28H44N2O5S. The number of rotatable bonds is 13. The van der Waals surface area contributed by atoms with E-state index < -0.39 is 28.7 Å². The van der Waals surface area contributed by atoms with Crippen LogP contribution in [-0.2, 0) is 19.1 Å². The smallest absolute Gasteiger partial charge is 0.310 e. The number of amides is 2. The second kappa shape index (κ2) is 11.7. The van der Waals surface area contributed by atoms with Crippen molar-refractivity contribution in [2.45, 2.75) is 88.4 Å². The van der Waals surface area contributed by atoms with E-state index in [-0.39, 0.29) is 47.5 Å². The number of hydrogen-bond acceptors (Lipinski definition) is 6. The van der Waals surface area contributed by atoms with Crippen LogP contribution < -0.4 is 0 Å². The molecule has 0 saturated carbocycles. The average Bonchev–Trinajstić information content (AvgIpc) is 3.44. The molecule has 2 amide bonds. The van der Waals surface area contributed by atoms with Gasteiger partial charge in [-0.25, -0.2) is 0 Å². The highest BCUT2D eigenvalue weighted by molar-refractivity contribution is 8.02. The summed E-state index contributed by atoms with van der Waals surface area (Å²) in [5, 5.41) is 10.4. The molecule has 3 aliphatic rings. The normalized spacial score (nSPS) is 32.4. The molecule has 1 spiro atoms. The fraction of sp³-hybridized carbons (Fsp3) is 0.750. The molecule has 36 heavy (non-hydrogen) atoms. The van der Waals surface area contributed by atoms with Crippen molar-refractivity contribution in [2.75, 3.05) is 19.8 Å². The number of likely N-dealkylation sites (tertiary alicyclic amines) is 1. The van der Waals surface area contributed by atoms with Gasteiger partial charge in [-0.1, -0.05) is 39.3 Å². The van der Waals surface area contributed by atoms with Gasteiger partial charge in [0.05, 0.1) is 35.8 Å². The number of esters is 1. The Kier molecular flexibility index (Phi) is 9.36. The van der Waals surface area contributed by atoms with Crippen LogP contribution in [0.3, 0.4) is 0 Å². The van der Waals surface area contributed by atoms with Gasteiger partial charge in [-0.3, -0.25) is 14.4 Å². The van der Waals surface area contributed by atoms with Crippen molar-refractivity contribution in [1.29, 1.82) is 0 Å². The summed E-state index contributed by atoms with van der Waals surface area (Å²) >= 11 is 1.64. The summed E-state index contributed by atoms with van der Waals surface area (Å²) in [7, 11) is 0. The Bertz CT molecular complexity index is 863. The molecule has 3 fully saturated rings. The zero-order chi connectivity index (χ0) is 26.8. The fourth-order valence-corrected chi connectivity index (χ4v) is 8.92. The van der Waals surface area contributed by atoms with Crippen molar-refractivity contribution >= 4 is 29.5 Å². The lowest BCUT2D eigenvalue weighted by molar-refractivity contribution is -0.155. The Hall–Kier alpha value is -1.80. The lowest BCUT2D eigenvalue weighted by Crippen LogP contribution is -2.61. The van der Waals surface area contributed by atoms with Gasteiger partial charge in [0, 0.05) is 17.8 Å². The fourth-order valence-electron chi connectivity index (χ4n) is 6.53. The summed E-state index contributed by atoms with van der Waals surface area (Å²) in [6, 6.07) is -1.32. The molecule has 7 nitrogen and oxygen atoms in total. The number of ether oxygens (including phenoxy) is 1. The van der Waals surface area contributed by atoms with E-state index in [4.69, 9.17) is 4.74 Å². The lowest BCUT2D eigenvalue weighted by atomic mass is 9.66. The number of unbranched alkanes of at least 4 members (excludes halogenated alkanes) is 1. The minimum absolute atomic E-state index is 0.00167. The third kappa shape index (κ3) is 4.64. The monoisotopic (exact) mass is 520 g/mol. The predicted molar refractivity (Wildman–Crippen MR) is 143 cm³/mol. The number of aliphatic hydroxyl groups is 1. The molecule has 0 aliphatic carbocycles. The van der Waals surface area contributed by atoms with E-state index in [9.17, 15) is 19.5 Å². The van der Waals surface area contributed by atoms with Crippen LogP contribution in [-0.4, -0.2) is 80.6 Å². The molecule has 3 rings (SSSR count). The minimum atomic E-state index is -0.743. The van der Waals surface area contributed by atoms with E-state index >= 15 is 0 Å². The van der Waals surface area contributed by atoms with Crippen LogP contribution >= 0.6 is 11.8 Å². The number of hydrogen-bond donors (Lipinski definition) is 1. The topological polar surface area (TPSA) is 87.2 Å². The second-order valence-electron chi connectivity index (χ2n) is 10.9. The van der Waals surface area contributed by atoms with Gasteiger partial charge in [0.25, 0.3) is 0 Å². The Morgan fingerprint density at radius 1 is 1.31 bits per heavy atom. The van der Waals surface area contributed by atoms with Gasteiger partial charge in [-0.15, -0.1) is 24.9 Å². The Labute approximate surface area is 220 Å². The van der Waals surface area contributed by atoms with E-state index in [1.165, 1.54) is 0 Å². The van der Waals surface area contributed by atoms with Crippen molar-refractivity contribution < 1.29 is 24.2 Å². The van der Waals surface area contributed by atoms with Gasteiger partial charge < -0.3 is 19.6 Å². The van der Waals surface area contributed by atoms with Gasteiger partial charge in [0.2, 0.25) is 11.8 Å². The first kappa shape index (κ1) is 28.8. The van der Waals surface area contributed by atoms with E-state index in [1.807, 2.05) is 27.7 Å². The van der Waals surface area contributed by atoms with Crippen LogP contribution in [0, 0.1) is 23.7 Å². The summed E-state index contributed by atoms with van der Waals surface area (Å²) in [4.78, 5) is 45.4. The molecule has 8 heteroatoms. The van der Waals surface area contributed by atoms with Gasteiger partial charge in [0.1, 0.15) is 6.04 Å². The van der Waals surface area contributed by atoms with Crippen LogP contribution in [0.1, 0.15) is 60.3 Å². The van der Waals surface area contributed by atoms with E-state index in [1.54, 1.807) is 33.7 Å². The van der Waals surface area contributed by atoms with E-state index in [2.05, 4.69) is 20.1 Å². The molecule has 0 aromatic carbocycles. The summed E-state index contributed by atoms with van der Waals surface area (Å²) in [6.07, 6.45) is 6.46. The van der Waals surface area contributed by atoms with Crippen LogP contribution in [0.4, 0.5) is 0 Å². The summed E-state index contributed by atoms with van der Waals surface area (Å²) in [6.45, 7) is 18.0. The third-order valence-electron chi connectivity index (χ3n) is 8.56. The number of carbonyl (C=O) groups excluding carboxylic acids is 3. The zero-order valence-corrected chi connectivity index (χ0v) is 23.3. The number of fused-ring (bicyclic) bond motifs is 1. The average molecular weight is 521 g/mol. The Balaban J connectivity index is 2.08. The molecule has 2 bridgehead atoms. The summed E-state index contributed by atoms with van der Waals surface area (Å²) < 4.78 is 4.93. The Morgan fingerprint density at radius 3 is 2.56 bits per heavy atom. The first-order valence-corrected chi connectivity index (χ1v) is 14.3. The van der Waals surface area contributed by atoms with Crippen molar-refractivity contribution in [1.82, 2.24) is 9.80 Å². The highest BCUT2D eigenvalue weighted by Gasteiger charge is 2.77. The van der Waals surface area contributed by atoms with E-state index in [0.29, 0.717) is 19.6 Å². The van der Waals surface area contributed by atoms with Crippen LogP contribution in [0.25, 0.3) is 0 Å². The quantitative estimate of drug-likeness (QED) is 0.227. The molecule has 3 heterocycles. The number of allylic oxidation sites excluding steroid dienone is 1. The molecule has 3 aliphatic heterocycles. The minimum Gasteiger partial charge on any atom is -0.465 e. The maximum atomic E-state index is 14.3. The van der Waals surface area contributed by atoms with Gasteiger partial charge >= 0.3 is 5.97 Å². The first-order valence-electron chi connectivity index (χ1n) is 13.4. The predicted octanol–water partition coefficient (Wildman–Crippen LogP) is 3.66. The molecule has 1 N–H and O–H groups in total.